The van der Waals surface area contributed by atoms with E-state index in [2.05, 4.69) is 31.7 Å². The van der Waals surface area contributed by atoms with Gasteiger partial charge in [-0.15, -0.1) is 0 Å². The number of ether oxygens (including phenoxy) is 1. The molecule has 0 aliphatic rings. The van der Waals surface area contributed by atoms with Gasteiger partial charge in [-0.25, -0.2) is 0 Å². The van der Waals surface area contributed by atoms with Gasteiger partial charge in [0.05, 0.1) is 18.0 Å². The van der Waals surface area contributed by atoms with Gasteiger partial charge in [0.1, 0.15) is 5.75 Å². The Kier molecular flexibility index (Phi) is 6.40. The normalized spacial score (nSPS) is 10.4. The van der Waals surface area contributed by atoms with Gasteiger partial charge in [-0.3, -0.25) is 0 Å². The van der Waals surface area contributed by atoms with Gasteiger partial charge in [-0.1, -0.05) is 26.8 Å². The Labute approximate surface area is 111 Å². The minimum atomic E-state index is 0.717. The standard InChI is InChI=1S/C15H26N2O/c1-4-10-17(11-5-2)13-8-7-9-14(15(13)16)18-12-6-3/h7-9H,4-6,10-12,16H2,1-3H3. The average molecular weight is 250 g/mol. The molecule has 0 fully saturated rings. The molecule has 0 radical (unpaired) electrons. The van der Waals surface area contributed by atoms with Crippen LogP contribution >= 0.6 is 0 Å². The first-order valence-electron chi connectivity index (χ1n) is 7.00. The summed E-state index contributed by atoms with van der Waals surface area (Å²) in [6.07, 6.45) is 3.25. The molecule has 0 amide bonds. The number of nitrogens with zero attached hydrogens (tertiary/aromatic N) is 1. The fourth-order valence-electron chi connectivity index (χ4n) is 2.04. The van der Waals surface area contributed by atoms with Gasteiger partial charge in [-0.05, 0) is 31.4 Å². The zero-order chi connectivity index (χ0) is 13.4. The summed E-state index contributed by atoms with van der Waals surface area (Å²) < 4.78 is 5.68. The maximum absolute atomic E-state index is 6.22. The molecule has 1 aromatic carbocycles. The first-order chi connectivity index (χ1) is 8.74. The quantitative estimate of drug-likeness (QED) is 0.715. The molecule has 0 unspecified atom stereocenters. The van der Waals surface area contributed by atoms with E-state index in [-0.39, 0.29) is 0 Å². The van der Waals surface area contributed by atoms with Gasteiger partial charge in [-0.2, -0.15) is 0 Å². The zero-order valence-corrected chi connectivity index (χ0v) is 11.9. The molecule has 18 heavy (non-hydrogen) atoms. The van der Waals surface area contributed by atoms with Crippen molar-refractivity contribution in [2.24, 2.45) is 0 Å². The summed E-state index contributed by atoms with van der Waals surface area (Å²) in [5, 5.41) is 0. The second-order valence-corrected chi connectivity index (χ2v) is 4.52. The second-order valence-electron chi connectivity index (χ2n) is 4.52. The molecule has 0 spiro atoms. The van der Waals surface area contributed by atoms with Crippen molar-refractivity contribution < 1.29 is 4.74 Å². The summed E-state index contributed by atoms with van der Waals surface area (Å²) in [7, 11) is 0. The molecule has 0 atom stereocenters. The van der Waals surface area contributed by atoms with Crippen LogP contribution in [0.2, 0.25) is 0 Å². The first-order valence-corrected chi connectivity index (χ1v) is 7.00. The maximum atomic E-state index is 6.22. The number of para-hydroxylation sites is 1. The smallest absolute Gasteiger partial charge is 0.144 e. The van der Waals surface area contributed by atoms with Gasteiger partial charge >= 0.3 is 0 Å². The summed E-state index contributed by atoms with van der Waals surface area (Å²) in [5.74, 6) is 0.812. The Bertz CT molecular complexity index is 346. The average Bonchev–Trinajstić information content (AvgIpc) is 2.37. The van der Waals surface area contributed by atoms with Crippen molar-refractivity contribution in [3.63, 3.8) is 0 Å². The lowest BCUT2D eigenvalue weighted by atomic mass is 10.2. The third-order valence-electron chi connectivity index (χ3n) is 2.83. The van der Waals surface area contributed by atoms with Crippen molar-refractivity contribution in [3.05, 3.63) is 18.2 Å². The fourth-order valence-corrected chi connectivity index (χ4v) is 2.04. The van der Waals surface area contributed by atoms with Crippen LogP contribution in [0.1, 0.15) is 40.0 Å². The molecule has 2 N–H and O–H groups in total. The Balaban J connectivity index is 2.91. The Morgan fingerprint density at radius 1 is 1.06 bits per heavy atom. The highest BCUT2D eigenvalue weighted by molar-refractivity contribution is 5.74. The van der Waals surface area contributed by atoms with E-state index in [1.54, 1.807) is 0 Å². The SMILES string of the molecule is CCCOc1cccc(N(CCC)CCC)c1N. The monoisotopic (exact) mass is 250 g/mol. The number of benzene rings is 1. The van der Waals surface area contributed by atoms with Crippen LogP contribution < -0.4 is 15.4 Å². The van der Waals surface area contributed by atoms with E-state index in [9.17, 15) is 0 Å². The van der Waals surface area contributed by atoms with E-state index >= 15 is 0 Å². The predicted molar refractivity (Wildman–Crippen MR) is 79.4 cm³/mol. The Morgan fingerprint density at radius 2 is 1.72 bits per heavy atom. The first kappa shape index (κ1) is 14.7. The van der Waals surface area contributed by atoms with Crippen molar-refractivity contribution in [3.8, 4) is 5.75 Å². The van der Waals surface area contributed by atoms with Crippen molar-refractivity contribution in [2.45, 2.75) is 40.0 Å². The molecule has 0 saturated heterocycles. The molecule has 0 bridgehead atoms. The highest BCUT2D eigenvalue weighted by atomic mass is 16.5. The largest absolute Gasteiger partial charge is 0.491 e. The minimum Gasteiger partial charge on any atom is -0.491 e. The van der Waals surface area contributed by atoms with Gasteiger partial charge in [0.2, 0.25) is 0 Å². The van der Waals surface area contributed by atoms with Crippen LogP contribution in [-0.2, 0) is 0 Å². The molecular formula is C15H26N2O. The summed E-state index contributed by atoms with van der Waals surface area (Å²) in [4.78, 5) is 2.34. The van der Waals surface area contributed by atoms with Crippen molar-refractivity contribution in [1.82, 2.24) is 0 Å². The highest BCUT2D eigenvalue weighted by Crippen LogP contribution is 2.32. The van der Waals surface area contributed by atoms with Crippen molar-refractivity contribution in [1.29, 1.82) is 0 Å². The lowest BCUT2D eigenvalue weighted by Gasteiger charge is -2.26. The van der Waals surface area contributed by atoms with Gasteiger partial charge in [0, 0.05) is 13.1 Å². The molecule has 0 heterocycles. The molecule has 0 aliphatic carbocycles. The maximum Gasteiger partial charge on any atom is 0.144 e. The highest BCUT2D eigenvalue weighted by Gasteiger charge is 2.11. The lowest BCUT2D eigenvalue weighted by molar-refractivity contribution is 0.319. The van der Waals surface area contributed by atoms with Gasteiger partial charge in [0.15, 0.2) is 0 Å². The van der Waals surface area contributed by atoms with E-state index in [4.69, 9.17) is 10.5 Å². The van der Waals surface area contributed by atoms with Crippen molar-refractivity contribution >= 4 is 11.4 Å². The molecule has 3 nitrogen and oxygen atoms in total. The summed E-state index contributed by atoms with van der Waals surface area (Å²) >= 11 is 0. The van der Waals surface area contributed by atoms with Crippen LogP contribution in [0.4, 0.5) is 11.4 Å². The van der Waals surface area contributed by atoms with Crippen molar-refractivity contribution in [2.75, 3.05) is 30.3 Å². The third-order valence-corrected chi connectivity index (χ3v) is 2.83. The van der Waals surface area contributed by atoms with Crippen LogP contribution in [0.5, 0.6) is 5.75 Å². The minimum absolute atomic E-state index is 0.717. The van der Waals surface area contributed by atoms with E-state index < -0.39 is 0 Å². The third kappa shape index (κ3) is 3.83. The number of anilines is 2. The molecular weight excluding hydrogens is 224 g/mol. The molecule has 3 heteroatoms. The molecule has 1 rings (SSSR count). The van der Waals surface area contributed by atoms with E-state index in [0.717, 1.165) is 56.1 Å². The Hall–Kier alpha value is -1.38. The molecule has 0 aliphatic heterocycles. The van der Waals surface area contributed by atoms with E-state index in [1.165, 1.54) is 0 Å². The molecule has 102 valence electrons. The van der Waals surface area contributed by atoms with E-state index in [1.807, 2.05) is 12.1 Å². The van der Waals surface area contributed by atoms with Crippen LogP contribution in [-0.4, -0.2) is 19.7 Å². The number of nitrogens with two attached hydrogens (primary N) is 1. The Morgan fingerprint density at radius 3 is 2.28 bits per heavy atom. The topological polar surface area (TPSA) is 38.5 Å². The van der Waals surface area contributed by atoms with Crippen LogP contribution in [0.3, 0.4) is 0 Å². The second kappa shape index (κ2) is 7.85. The van der Waals surface area contributed by atoms with Crippen LogP contribution in [0.25, 0.3) is 0 Å². The van der Waals surface area contributed by atoms with Gasteiger partial charge in [0.25, 0.3) is 0 Å². The summed E-state index contributed by atoms with van der Waals surface area (Å²) in [5.41, 5.74) is 8.09. The molecule has 1 aromatic rings. The zero-order valence-electron chi connectivity index (χ0n) is 11.9. The van der Waals surface area contributed by atoms with Crippen LogP contribution in [0, 0.1) is 0 Å². The summed E-state index contributed by atoms with van der Waals surface area (Å²) in [6.45, 7) is 9.27. The predicted octanol–water partition coefficient (Wildman–Crippen LogP) is 3.68. The summed E-state index contributed by atoms with van der Waals surface area (Å²) in [6, 6.07) is 6.05. The van der Waals surface area contributed by atoms with E-state index in [0.29, 0.717) is 0 Å². The molecule has 0 aromatic heterocycles. The number of hydrogen-bond acceptors (Lipinski definition) is 3. The molecule has 0 saturated carbocycles. The number of rotatable bonds is 8. The fraction of sp³-hybridized carbons (Fsp3) is 0.600. The lowest BCUT2D eigenvalue weighted by Crippen LogP contribution is -2.25. The van der Waals surface area contributed by atoms with Crippen LogP contribution in [0.15, 0.2) is 18.2 Å². The number of nitrogen functional groups attached to an aromatic ring is 1. The number of hydrogen-bond donors (Lipinski definition) is 1. The van der Waals surface area contributed by atoms with Gasteiger partial charge < -0.3 is 15.4 Å².